The summed E-state index contributed by atoms with van der Waals surface area (Å²) in [7, 11) is -0.114. The quantitative estimate of drug-likeness (QED) is 0.737. The summed E-state index contributed by atoms with van der Waals surface area (Å²) in [4.78, 5) is 11.6. The molecule has 144 valence electrons. The van der Waals surface area contributed by atoms with Crippen molar-refractivity contribution in [3.63, 3.8) is 0 Å². The largest absolute Gasteiger partial charge is 0.480 e. The molecule has 0 aromatic carbocycles. The van der Waals surface area contributed by atoms with Crippen LogP contribution in [-0.2, 0) is 14.1 Å². The Hall–Kier alpha value is -0.585. The van der Waals surface area contributed by atoms with Crippen LogP contribution in [0.1, 0.15) is 59.8 Å². The molecule has 5 nitrogen and oxygen atoms in total. The van der Waals surface area contributed by atoms with Gasteiger partial charge >= 0.3 is 13.1 Å². The van der Waals surface area contributed by atoms with E-state index in [0.29, 0.717) is 23.3 Å². The van der Waals surface area contributed by atoms with Gasteiger partial charge in [0.05, 0.1) is 11.7 Å². The van der Waals surface area contributed by atoms with Crippen LogP contribution in [-0.4, -0.2) is 42.0 Å². The minimum atomic E-state index is -0.700. The highest BCUT2D eigenvalue weighted by molar-refractivity contribution is 6.45. The third-order valence-corrected chi connectivity index (χ3v) is 9.08. The van der Waals surface area contributed by atoms with Crippen molar-refractivity contribution >= 4 is 13.1 Å². The normalized spacial score (nSPS) is 53.0. The first-order valence-electron chi connectivity index (χ1n) is 10.5. The van der Waals surface area contributed by atoms with Crippen molar-refractivity contribution in [2.45, 2.75) is 89.9 Å². The minimum Gasteiger partial charge on any atom is -0.480 e. The van der Waals surface area contributed by atoms with E-state index in [1.165, 1.54) is 6.42 Å². The second-order valence-corrected chi connectivity index (χ2v) is 10.7. The van der Waals surface area contributed by atoms with E-state index in [0.717, 1.165) is 37.9 Å². The zero-order valence-corrected chi connectivity index (χ0v) is 16.5. The Morgan fingerprint density at radius 3 is 2.69 bits per heavy atom. The van der Waals surface area contributed by atoms with Crippen molar-refractivity contribution in [2.75, 3.05) is 0 Å². The summed E-state index contributed by atoms with van der Waals surface area (Å²) >= 11 is 0. The molecule has 6 aliphatic rings. The molecule has 2 heterocycles. The van der Waals surface area contributed by atoms with Crippen molar-refractivity contribution < 1.29 is 19.2 Å². The van der Waals surface area contributed by atoms with E-state index in [-0.39, 0.29) is 24.2 Å². The molecule has 3 unspecified atom stereocenters. The Bertz CT molecular complexity index is 641. The van der Waals surface area contributed by atoms with E-state index >= 15 is 0 Å². The van der Waals surface area contributed by atoms with Crippen LogP contribution >= 0.6 is 0 Å². The predicted octanol–water partition coefficient (Wildman–Crippen LogP) is 2.95. The van der Waals surface area contributed by atoms with E-state index in [1.807, 2.05) is 0 Å². The first kappa shape index (κ1) is 17.5. The van der Waals surface area contributed by atoms with E-state index in [2.05, 4.69) is 33.0 Å². The van der Waals surface area contributed by atoms with Crippen molar-refractivity contribution in [3.8, 4) is 0 Å². The van der Waals surface area contributed by atoms with Gasteiger partial charge in [-0.1, -0.05) is 27.2 Å². The molecule has 2 N–H and O–H groups in total. The van der Waals surface area contributed by atoms with Crippen LogP contribution in [0.2, 0.25) is 6.32 Å². The molecule has 2 saturated heterocycles. The van der Waals surface area contributed by atoms with Crippen LogP contribution in [0.4, 0.5) is 0 Å². The fourth-order valence-corrected chi connectivity index (χ4v) is 7.13. The zero-order valence-electron chi connectivity index (χ0n) is 16.5. The van der Waals surface area contributed by atoms with Gasteiger partial charge in [-0.3, -0.25) is 4.79 Å². The average molecular weight is 361 g/mol. The fourth-order valence-electron chi connectivity index (χ4n) is 7.13. The van der Waals surface area contributed by atoms with Crippen molar-refractivity contribution in [1.29, 1.82) is 0 Å². The number of hydrogen-bond donors (Lipinski definition) is 2. The smallest absolute Gasteiger partial charge is 0.457 e. The molecule has 2 aliphatic heterocycles. The second-order valence-electron chi connectivity index (χ2n) is 10.7. The van der Waals surface area contributed by atoms with Gasteiger partial charge in [0.25, 0.3) is 0 Å². The maximum atomic E-state index is 11.6. The first-order valence-corrected chi connectivity index (χ1v) is 10.5. The van der Waals surface area contributed by atoms with Crippen LogP contribution < -0.4 is 5.32 Å². The third kappa shape index (κ3) is 2.18. The Balaban J connectivity index is 1.20. The molecule has 0 aromatic heterocycles. The lowest BCUT2D eigenvalue weighted by Gasteiger charge is -2.64. The van der Waals surface area contributed by atoms with Gasteiger partial charge in [-0.2, -0.15) is 0 Å². The number of piperidine rings is 1. The molecule has 6 fully saturated rings. The average Bonchev–Trinajstić information content (AvgIpc) is 3.17. The Morgan fingerprint density at radius 2 is 2.00 bits per heavy atom. The maximum absolute atomic E-state index is 11.6. The Kier molecular flexibility index (Phi) is 3.55. The molecule has 8 atom stereocenters. The predicted molar refractivity (Wildman–Crippen MR) is 98.7 cm³/mol. The molecular weight excluding hydrogens is 329 g/mol. The van der Waals surface area contributed by atoms with Crippen LogP contribution in [0.3, 0.4) is 0 Å². The monoisotopic (exact) mass is 361 g/mol. The first-order chi connectivity index (χ1) is 12.2. The van der Waals surface area contributed by atoms with Gasteiger partial charge in [0.1, 0.15) is 6.04 Å². The lowest BCUT2D eigenvalue weighted by molar-refractivity contribution is -0.199. The molecule has 4 aliphatic carbocycles. The topological polar surface area (TPSA) is 67.8 Å². The third-order valence-electron chi connectivity index (χ3n) is 9.08. The molecule has 6 rings (SSSR count). The highest BCUT2D eigenvalue weighted by atomic mass is 16.7. The second kappa shape index (κ2) is 5.27. The van der Waals surface area contributed by atoms with E-state index in [9.17, 15) is 9.90 Å². The maximum Gasteiger partial charge on any atom is 0.457 e. The van der Waals surface area contributed by atoms with Crippen molar-refractivity contribution in [1.82, 2.24) is 5.32 Å². The summed E-state index contributed by atoms with van der Waals surface area (Å²) in [6, 6.07) is 0.0284. The molecule has 0 amide bonds. The number of nitrogens with one attached hydrogen (secondary N) is 1. The lowest BCUT2D eigenvalue weighted by Crippen LogP contribution is -2.65. The summed E-state index contributed by atoms with van der Waals surface area (Å²) < 4.78 is 12.8. The summed E-state index contributed by atoms with van der Waals surface area (Å²) in [5, 5.41) is 12.8. The molecule has 26 heavy (non-hydrogen) atoms. The number of carboxylic acids is 1. The number of carboxylic acid groups (broad SMARTS) is 1. The van der Waals surface area contributed by atoms with Gasteiger partial charge in [-0.05, 0) is 67.5 Å². The molecule has 2 bridgehead atoms. The van der Waals surface area contributed by atoms with Crippen LogP contribution in [0.5, 0.6) is 0 Å². The summed E-state index contributed by atoms with van der Waals surface area (Å²) in [5.74, 6) is 1.21. The van der Waals surface area contributed by atoms with Crippen LogP contribution in [0.25, 0.3) is 0 Å². The van der Waals surface area contributed by atoms with Gasteiger partial charge in [0.2, 0.25) is 0 Å². The molecule has 6 heteroatoms. The Labute approximate surface area is 156 Å². The van der Waals surface area contributed by atoms with Gasteiger partial charge < -0.3 is 19.7 Å². The van der Waals surface area contributed by atoms with E-state index in [1.54, 1.807) is 0 Å². The van der Waals surface area contributed by atoms with Gasteiger partial charge in [-0.25, -0.2) is 0 Å². The zero-order chi connectivity index (χ0) is 18.5. The molecule has 0 spiro atoms. The standard InChI is InChI=1S/C20H32BNO4/c1-18(2)11-8-14(18)20(4)15(9-11)25-21(26-20)7-5-6-19(3)12-10-13(12)22-16(19)17(23)24/h11-16,22H,5-10H2,1-4H3,(H,23,24)/t11-,12?,13?,14-,15?,16+,19+,20-/m0/s1. The lowest BCUT2D eigenvalue weighted by atomic mass is 9.43. The fraction of sp³-hybridized carbons (Fsp3) is 0.950. The van der Waals surface area contributed by atoms with E-state index < -0.39 is 12.0 Å². The van der Waals surface area contributed by atoms with Crippen LogP contribution in [0.15, 0.2) is 0 Å². The van der Waals surface area contributed by atoms with Gasteiger partial charge in [0.15, 0.2) is 0 Å². The SMILES string of the molecule is CC1(C)[C@@H]2CC3OB(CCC[C@]4(C)C5CC5N[C@@H]4C(=O)O)O[C@@]3(C)[C@H]1C2. The van der Waals surface area contributed by atoms with Crippen molar-refractivity contribution in [3.05, 3.63) is 0 Å². The molecule has 0 aromatic rings. The number of hydrogen-bond acceptors (Lipinski definition) is 4. The summed E-state index contributed by atoms with van der Waals surface area (Å²) in [6.45, 7) is 9.19. The van der Waals surface area contributed by atoms with Gasteiger partial charge in [-0.15, -0.1) is 0 Å². The molecule has 4 saturated carbocycles. The van der Waals surface area contributed by atoms with Crippen LogP contribution in [0, 0.1) is 28.6 Å². The molecule has 0 radical (unpaired) electrons. The summed E-state index contributed by atoms with van der Waals surface area (Å²) in [5.41, 5.74) is 0.116. The summed E-state index contributed by atoms with van der Waals surface area (Å²) in [6.07, 6.45) is 6.56. The number of fused-ring (bicyclic) bond motifs is 1. The van der Waals surface area contributed by atoms with Crippen molar-refractivity contribution in [2.24, 2.45) is 28.6 Å². The Morgan fingerprint density at radius 1 is 1.23 bits per heavy atom. The van der Waals surface area contributed by atoms with E-state index in [4.69, 9.17) is 9.31 Å². The highest BCUT2D eigenvalue weighted by Crippen LogP contribution is 2.66. The number of rotatable bonds is 5. The van der Waals surface area contributed by atoms with Gasteiger partial charge in [0, 0.05) is 6.04 Å². The molecular formula is C20H32BNO4. The highest BCUT2D eigenvalue weighted by Gasteiger charge is 2.68. The number of carbonyl (C=O) groups is 1. The minimum absolute atomic E-state index is 0.114. The number of aliphatic carboxylic acids is 1.